The number of rotatable bonds is 1. The smallest absolute Gasteiger partial charge is 0.201 e. The molecule has 0 atom stereocenters. The first-order valence-corrected chi connectivity index (χ1v) is 6.26. The van der Waals surface area contributed by atoms with Crippen molar-refractivity contribution in [3.8, 4) is 0 Å². The molecule has 0 saturated carbocycles. The number of nitrogens with two attached hydrogens (primary N) is 1. The van der Waals surface area contributed by atoms with Gasteiger partial charge in [0.1, 0.15) is 5.82 Å². The summed E-state index contributed by atoms with van der Waals surface area (Å²) in [5.41, 5.74) is 7.56. The van der Waals surface area contributed by atoms with E-state index in [2.05, 4.69) is 16.9 Å². The van der Waals surface area contributed by atoms with E-state index in [1.54, 1.807) is 6.07 Å². The highest BCUT2D eigenvalue weighted by Gasteiger charge is 2.22. The van der Waals surface area contributed by atoms with Gasteiger partial charge in [0.05, 0.1) is 11.0 Å². The average Bonchev–Trinajstić information content (AvgIpc) is 2.66. The van der Waals surface area contributed by atoms with Crippen LogP contribution in [0.2, 0.25) is 0 Å². The van der Waals surface area contributed by atoms with Gasteiger partial charge in [-0.2, -0.15) is 0 Å². The van der Waals surface area contributed by atoms with Crippen LogP contribution in [0.25, 0.3) is 11.0 Å². The summed E-state index contributed by atoms with van der Waals surface area (Å²) in [6.45, 7) is 2.08. The molecule has 5 heteroatoms. The fourth-order valence-electron chi connectivity index (χ4n) is 2.72. The Balaban J connectivity index is 2.05. The number of hydrogen-bond donors (Lipinski definition) is 1. The Morgan fingerprint density at radius 1 is 1.33 bits per heavy atom. The van der Waals surface area contributed by atoms with E-state index in [0.29, 0.717) is 12.0 Å². The molecule has 0 amide bonds. The predicted octanol–water partition coefficient (Wildman–Crippen LogP) is 2.02. The fraction of sp³-hybridized carbons (Fsp3) is 0.462. The van der Waals surface area contributed by atoms with E-state index in [4.69, 9.17) is 5.73 Å². The Morgan fingerprint density at radius 3 is 2.78 bits per heavy atom. The number of piperidine rings is 1. The highest BCUT2D eigenvalue weighted by Crippen LogP contribution is 2.29. The topological polar surface area (TPSA) is 47.1 Å². The SMILES string of the molecule is CN1CCC(n2c(N)nc3ccc(F)cc32)CC1. The quantitative estimate of drug-likeness (QED) is 0.840. The third-order valence-corrected chi connectivity index (χ3v) is 3.73. The van der Waals surface area contributed by atoms with E-state index in [1.165, 1.54) is 12.1 Å². The van der Waals surface area contributed by atoms with E-state index in [1.807, 2.05) is 4.57 Å². The zero-order valence-corrected chi connectivity index (χ0v) is 10.4. The lowest BCUT2D eigenvalue weighted by molar-refractivity contribution is 0.225. The molecule has 4 nitrogen and oxygen atoms in total. The summed E-state index contributed by atoms with van der Waals surface area (Å²) in [5.74, 6) is 0.252. The molecule has 1 saturated heterocycles. The van der Waals surface area contributed by atoms with Gasteiger partial charge in [-0.05, 0) is 51.2 Å². The van der Waals surface area contributed by atoms with Crippen molar-refractivity contribution in [1.82, 2.24) is 14.5 Å². The number of likely N-dealkylation sites (tertiary alicyclic amines) is 1. The molecule has 0 radical (unpaired) electrons. The third kappa shape index (κ3) is 1.84. The van der Waals surface area contributed by atoms with Gasteiger partial charge >= 0.3 is 0 Å². The van der Waals surface area contributed by atoms with Gasteiger partial charge in [-0.3, -0.25) is 0 Å². The monoisotopic (exact) mass is 248 g/mol. The maximum atomic E-state index is 13.4. The zero-order valence-electron chi connectivity index (χ0n) is 10.4. The molecular weight excluding hydrogens is 231 g/mol. The van der Waals surface area contributed by atoms with Gasteiger partial charge in [-0.15, -0.1) is 0 Å². The molecule has 3 rings (SSSR count). The Hall–Kier alpha value is -1.62. The van der Waals surface area contributed by atoms with Gasteiger partial charge in [0.15, 0.2) is 0 Å². The molecule has 1 aliphatic rings. The molecule has 2 aromatic rings. The lowest BCUT2D eigenvalue weighted by Gasteiger charge is -2.30. The number of benzene rings is 1. The Kier molecular flexibility index (Phi) is 2.70. The van der Waals surface area contributed by atoms with Crippen LogP contribution in [0, 0.1) is 5.82 Å². The van der Waals surface area contributed by atoms with Crippen LogP contribution in [0.1, 0.15) is 18.9 Å². The average molecular weight is 248 g/mol. The van der Waals surface area contributed by atoms with E-state index >= 15 is 0 Å². The van der Waals surface area contributed by atoms with Crippen LogP contribution in [0.4, 0.5) is 10.3 Å². The second-order valence-corrected chi connectivity index (χ2v) is 5.01. The summed E-state index contributed by atoms with van der Waals surface area (Å²) in [6.07, 6.45) is 2.06. The summed E-state index contributed by atoms with van der Waals surface area (Å²) in [5, 5.41) is 0. The summed E-state index contributed by atoms with van der Waals surface area (Å²) in [6, 6.07) is 4.96. The molecule has 0 bridgehead atoms. The Labute approximate surface area is 105 Å². The fourth-order valence-corrected chi connectivity index (χ4v) is 2.72. The Morgan fingerprint density at radius 2 is 2.06 bits per heavy atom. The van der Waals surface area contributed by atoms with Gasteiger partial charge in [-0.1, -0.05) is 0 Å². The van der Waals surface area contributed by atoms with Crippen LogP contribution in [-0.2, 0) is 0 Å². The highest BCUT2D eigenvalue weighted by atomic mass is 19.1. The van der Waals surface area contributed by atoms with Crippen molar-refractivity contribution < 1.29 is 4.39 Å². The van der Waals surface area contributed by atoms with Gasteiger partial charge in [0.25, 0.3) is 0 Å². The normalized spacial score (nSPS) is 18.6. The number of nitrogens with zero attached hydrogens (tertiary/aromatic N) is 3. The molecule has 1 fully saturated rings. The minimum absolute atomic E-state index is 0.239. The van der Waals surface area contributed by atoms with Gasteiger partial charge in [0.2, 0.25) is 5.95 Å². The number of halogens is 1. The number of hydrogen-bond acceptors (Lipinski definition) is 3. The zero-order chi connectivity index (χ0) is 12.7. The summed E-state index contributed by atoms with van der Waals surface area (Å²) in [7, 11) is 2.12. The van der Waals surface area contributed by atoms with Gasteiger partial charge < -0.3 is 15.2 Å². The Bertz CT molecular complexity index is 570. The molecule has 1 aromatic heterocycles. The molecule has 0 aliphatic carbocycles. The van der Waals surface area contributed by atoms with Crippen molar-refractivity contribution in [2.75, 3.05) is 25.9 Å². The van der Waals surface area contributed by atoms with Crippen molar-refractivity contribution in [2.45, 2.75) is 18.9 Å². The second-order valence-electron chi connectivity index (χ2n) is 5.01. The first kappa shape index (κ1) is 11.5. The molecule has 1 aromatic carbocycles. The number of imidazole rings is 1. The van der Waals surface area contributed by atoms with Gasteiger partial charge in [0, 0.05) is 6.04 Å². The molecule has 96 valence electrons. The number of anilines is 1. The molecule has 0 spiro atoms. The van der Waals surface area contributed by atoms with E-state index in [-0.39, 0.29) is 5.82 Å². The van der Waals surface area contributed by atoms with Crippen molar-refractivity contribution in [3.63, 3.8) is 0 Å². The first-order valence-electron chi connectivity index (χ1n) is 6.26. The van der Waals surface area contributed by atoms with Crippen molar-refractivity contribution >= 4 is 17.0 Å². The van der Waals surface area contributed by atoms with E-state index in [0.717, 1.165) is 37.0 Å². The minimum atomic E-state index is -0.239. The van der Waals surface area contributed by atoms with Crippen LogP contribution in [0.5, 0.6) is 0 Å². The minimum Gasteiger partial charge on any atom is -0.369 e. The number of nitrogen functional groups attached to an aromatic ring is 1. The standard InChI is InChI=1S/C13H17FN4/c1-17-6-4-10(5-7-17)18-12-8-9(14)2-3-11(12)16-13(18)15/h2-3,8,10H,4-7H2,1H3,(H2,15,16). The van der Waals surface area contributed by atoms with E-state index in [9.17, 15) is 4.39 Å². The van der Waals surface area contributed by atoms with E-state index < -0.39 is 0 Å². The lowest BCUT2D eigenvalue weighted by Crippen LogP contribution is -2.31. The summed E-state index contributed by atoms with van der Waals surface area (Å²) < 4.78 is 15.4. The summed E-state index contributed by atoms with van der Waals surface area (Å²) >= 11 is 0. The van der Waals surface area contributed by atoms with Crippen LogP contribution in [0.15, 0.2) is 18.2 Å². The van der Waals surface area contributed by atoms with Crippen LogP contribution in [-0.4, -0.2) is 34.6 Å². The summed E-state index contributed by atoms with van der Waals surface area (Å²) in [4.78, 5) is 6.61. The van der Waals surface area contributed by atoms with Crippen molar-refractivity contribution in [3.05, 3.63) is 24.0 Å². The second kappa shape index (κ2) is 4.24. The molecule has 0 unspecified atom stereocenters. The maximum Gasteiger partial charge on any atom is 0.201 e. The number of aromatic nitrogens is 2. The van der Waals surface area contributed by atoms with Crippen molar-refractivity contribution in [1.29, 1.82) is 0 Å². The molecule has 18 heavy (non-hydrogen) atoms. The largest absolute Gasteiger partial charge is 0.369 e. The van der Waals surface area contributed by atoms with Crippen LogP contribution < -0.4 is 5.73 Å². The van der Waals surface area contributed by atoms with Crippen molar-refractivity contribution in [2.24, 2.45) is 0 Å². The molecular formula is C13H17FN4. The maximum absolute atomic E-state index is 13.4. The van der Waals surface area contributed by atoms with Gasteiger partial charge in [-0.25, -0.2) is 9.37 Å². The molecule has 2 heterocycles. The third-order valence-electron chi connectivity index (χ3n) is 3.73. The molecule has 2 N–H and O–H groups in total. The first-order chi connectivity index (χ1) is 8.65. The predicted molar refractivity (Wildman–Crippen MR) is 69.9 cm³/mol. The van der Waals surface area contributed by atoms with Crippen LogP contribution in [0.3, 0.4) is 0 Å². The molecule has 1 aliphatic heterocycles. The highest BCUT2D eigenvalue weighted by molar-refractivity contribution is 5.78. The number of fused-ring (bicyclic) bond motifs is 1. The lowest BCUT2D eigenvalue weighted by atomic mass is 10.1. The van der Waals surface area contributed by atoms with Crippen LogP contribution >= 0.6 is 0 Å².